The zero-order valence-corrected chi connectivity index (χ0v) is 9.88. The molecule has 0 bridgehead atoms. The molecule has 0 aliphatic carbocycles. The standard InChI is InChI=1S/C10H17NS2/c1-3-11-10(8-12-4-2)9-5-6-13-7-9/h5-7,10-11H,3-4,8H2,1-2H3. The van der Waals surface area contributed by atoms with Crippen LogP contribution in [0.3, 0.4) is 0 Å². The van der Waals surface area contributed by atoms with Gasteiger partial charge in [-0.05, 0) is 34.7 Å². The van der Waals surface area contributed by atoms with Crippen LogP contribution < -0.4 is 5.32 Å². The van der Waals surface area contributed by atoms with E-state index in [1.54, 1.807) is 11.3 Å². The zero-order valence-electron chi connectivity index (χ0n) is 8.25. The summed E-state index contributed by atoms with van der Waals surface area (Å²) >= 11 is 3.77. The van der Waals surface area contributed by atoms with Gasteiger partial charge in [-0.25, -0.2) is 0 Å². The van der Waals surface area contributed by atoms with Crippen molar-refractivity contribution in [1.29, 1.82) is 0 Å². The number of thioether (sulfide) groups is 1. The normalized spacial score (nSPS) is 13.1. The molecule has 3 heteroatoms. The van der Waals surface area contributed by atoms with Gasteiger partial charge in [0.1, 0.15) is 0 Å². The van der Waals surface area contributed by atoms with Gasteiger partial charge < -0.3 is 5.32 Å². The van der Waals surface area contributed by atoms with E-state index in [9.17, 15) is 0 Å². The number of hydrogen-bond donors (Lipinski definition) is 1. The number of nitrogens with one attached hydrogen (secondary N) is 1. The van der Waals surface area contributed by atoms with Crippen molar-refractivity contribution in [2.75, 3.05) is 18.1 Å². The molecule has 0 aliphatic rings. The Kier molecular flexibility index (Phi) is 5.51. The van der Waals surface area contributed by atoms with Crippen LogP contribution in [0.15, 0.2) is 16.8 Å². The molecule has 13 heavy (non-hydrogen) atoms. The van der Waals surface area contributed by atoms with Crippen molar-refractivity contribution in [3.05, 3.63) is 22.4 Å². The van der Waals surface area contributed by atoms with Gasteiger partial charge in [-0.15, -0.1) is 0 Å². The van der Waals surface area contributed by atoms with Gasteiger partial charge in [0.05, 0.1) is 0 Å². The second kappa shape index (κ2) is 6.46. The molecule has 0 radical (unpaired) electrons. The number of rotatable bonds is 6. The summed E-state index contributed by atoms with van der Waals surface area (Å²) in [6.45, 7) is 5.42. The van der Waals surface area contributed by atoms with E-state index in [4.69, 9.17) is 0 Å². The van der Waals surface area contributed by atoms with Crippen molar-refractivity contribution in [1.82, 2.24) is 5.32 Å². The summed E-state index contributed by atoms with van der Waals surface area (Å²) in [5.41, 5.74) is 1.44. The fourth-order valence-electron chi connectivity index (χ4n) is 1.23. The van der Waals surface area contributed by atoms with Crippen molar-refractivity contribution < 1.29 is 0 Å². The van der Waals surface area contributed by atoms with E-state index in [1.807, 2.05) is 11.8 Å². The quantitative estimate of drug-likeness (QED) is 0.782. The summed E-state index contributed by atoms with van der Waals surface area (Å²) in [6, 6.07) is 2.76. The summed E-state index contributed by atoms with van der Waals surface area (Å²) in [5.74, 6) is 2.38. The van der Waals surface area contributed by atoms with E-state index in [0.29, 0.717) is 6.04 Å². The first-order valence-electron chi connectivity index (χ1n) is 4.71. The van der Waals surface area contributed by atoms with Crippen molar-refractivity contribution in [3.63, 3.8) is 0 Å². The first kappa shape index (κ1) is 11.1. The molecule has 0 amide bonds. The van der Waals surface area contributed by atoms with Crippen molar-refractivity contribution in [3.8, 4) is 0 Å². The van der Waals surface area contributed by atoms with E-state index in [1.165, 1.54) is 17.1 Å². The molecule has 1 aromatic heterocycles. The maximum atomic E-state index is 3.51. The second-order valence-electron chi connectivity index (χ2n) is 2.83. The third-order valence-corrected chi connectivity index (χ3v) is 3.56. The molecule has 1 rings (SSSR count). The highest BCUT2D eigenvalue weighted by Gasteiger charge is 2.09. The average molecular weight is 215 g/mol. The Labute approximate surface area is 88.9 Å². The fraction of sp³-hybridized carbons (Fsp3) is 0.600. The average Bonchev–Trinajstić information content (AvgIpc) is 2.65. The summed E-state index contributed by atoms with van der Waals surface area (Å²) in [5, 5.41) is 7.89. The van der Waals surface area contributed by atoms with Crippen LogP contribution >= 0.6 is 23.1 Å². The third kappa shape index (κ3) is 3.71. The SMILES string of the molecule is CCNC(CSCC)c1ccsc1. The molecular weight excluding hydrogens is 198 g/mol. The minimum absolute atomic E-state index is 0.543. The Hall–Kier alpha value is 0.01000. The molecule has 0 aromatic carbocycles. The Balaban J connectivity index is 2.47. The van der Waals surface area contributed by atoms with Crippen LogP contribution in [-0.2, 0) is 0 Å². The summed E-state index contributed by atoms with van der Waals surface area (Å²) in [7, 11) is 0. The lowest BCUT2D eigenvalue weighted by atomic mass is 10.2. The molecular formula is C10H17NS2. The fourth-order valence-corrected chi connectivity index (χ4v) is 2.72. The topological polar surface area (TPSA) is 12.0 Å². The Morgan fingerprint density at radius 3 is 2.92 bits per heavy atom. The van der Waals surface area contributed by atoms with Crippen LogP contribution in [0.4, 0.5) is 0 Å². The minimum Gasteiger partial charge on any atom is -0.309 e. The first-order chi connectivity index (χ1) is 6.38. The highest BCUT2D eigenvalue weighted by molar-refractivity contribution is 7.99. The summed E-state index contributed by atoms with van der Waals surface area (Å²) < 4.78 is 0. The molecule has 0 saturated carbocycles. The van der Waals surface area contributed by atoms with Gasteiger partial charge >= 0.3 is 0 Å². The second-order valence-corrected chi connectivity index (χ2v) is 4.93. The van der Waals surface area contributed by atoms with Crippen molar-refractivity contribution in [2.24, 2.45) is 0 Å². The molecule has 74 valence electrons. The largest absolute Gasteiger partial charge is 0.309 e. The van der Waals surface area contributed by atoms with Gasteiger partial charge in [-0.1, -0.05) is 13.8 Å². The van der Waals surface area contributed by atoms with Gasteiger partial charge in [0.2, 0.25) is 0 Å². The Morgan fingerprint density at radius 2 is 2.38 bits per heavy atom. The minimum atomic E-state index is 0.543. The molecule has 1 N–H and O–H groups in total. The Bertz CT molecular complexity index is 209. The van der Waals surface area contributed by atoms with Crippen molar-refractivity contribution >= 4 is 23.1 Å². The maximum Gasteiger partial charge on any atom is 0.0420 e. The van der Waals surface area contributed by atoms with Gasteiger partial charge in [0.15, 0.2) is 0 Å². The zero-order chi connectivity index (χ0) is 9.52. The van der Waals surface area contributed by atoms with E-state index < -0.39 is 0 Å². The highest BCUT2D eigenvalue weighted by Crippen LogP contribution is 2.20. The molecule has 0 aliphatic heterocycles. The van der Waals surface area contributed by atoms with Crippen LogP contribution in [-0.4, -0.2) is 18.1 Å². The highest BCUT2D eigenvalue weighted by atomic mass is 32.2. The smallest absolute Gasteiger partial charge is 0.0420 e. The van der Waals surface area contributed by atoms with Gasteiger partial charge in [0.25, 0.3) is 0 Å². The monoisotopic (exact) mass is 215 g/mol. The van der Waals surface area contributed by atoms with E-state index in [-0.39, 0.29) is 0 Å². The summed E-state index contributed by atoms with van der Waals surface area (Å²) in [6.07, 6.45) is 0. The lowest BCUT2D eigenvalue weighted by Gasteiger charge is -2.15. The number of thiophene rings is 1. The van der Waals surface area contributed by atoms with E-state index >= 15 is 0 Å². The first-order valence-corrected chi connectivity index (χ1v) is 6.81. The van der Waals surface area contributed by atoms with Crippen LogP contribution in [0, 0.1) is 0 Å². The number of hydrogen-bond acceptors (Lipinski definition) is 3. The van der Waals surface area contributed by atoms with Gasteiger partial charge in [0, 0.05) is 11.8 Å². The van der Waals surface area contributed by atoms with Crippen LogP contribution in [0.5, 0.6) is 0 Å². The van der Waals surface area contributed by atoms with Crippen LogP contribution in [0.25, 0.3) is 0 Å². The lowest BCUT2D eigenvalue weighted by molar-refractivity contribution is 0.608. The van der Waals surface area contributed by atoms with Crippen LogP contribution in [0.2, 0.25) is 0 Å². The molecule has 1 unspecified atom stereocenters. The predicted molar refractivity (Wildman–Crippen MR) is 63.7 cm³/mol. The van der Waals surface area contributed by atoms with E-state index in [0.717, 1.165) is 6.54 Å². The van der Waals surface area contributed by atoms with Gasteiger partial charge in [-0.3, -0.25) is 0 Å². The van der Waals surface area contributed by atoms with Crippen LogP contribution in [0.1, 0.15) is 25.5 Å². The molecule has 0 fully saturated rings. The summed E-state index contributed by atoms with van der Waals surface area (Å²) in [4.78, 5) is 0. The molecule has 0 saturated heterocycles. The molecule has 1 atom stereocenters. The Morgan fingerprint density at radius 1 is 1.54 bits per heavy atom. The van der Waals surface area contributed by atoms with E-state index in [2.05, 4.69) is 36.0 Å². The molecule has 1 aromatic rings. The predicted octanol–water partition coefficient (Wildman–Crippen LogP) is 3.15. The third-order valence-electron chi connectivity index (χ3n) is 1.88. The lowest BCUT2D eigenvalue weighted by Crippen LogP contribution is -2.22. The maximum absolute atomic E-state index is 3.51. The molecule has 0 spiro atoms. The molecule has 1 heterocycles. The van der Waals surface area contributed by atoms with Gasteiger partial charge in [-0.2, -0.15) is 23.1 Å². The molecule has 1 nitrogen and oxygen atoms in total. The van der Waals surface area contributed by atoms with Crippen molar-refractivity contribution in [2.45, 2.75) is 19.9 Å².